The molecule has 0 aliphatic rings. The lowest BCUT2D eigenvalue weighted by molar-refractivity contribution is 0.0603. The molecule has 21 heavy (non-hydrogen) atoms. The lowest BCUT2D eigenvalue weighted by atomic mass is 10.0. The second-order valence-electron chi connectivity index (χ2n) is 5.04. The van der Waals surface area contributed by atoms with Crippen molar-refractivity contribution in [1.82, 2.24) is 4.72 Å². The molecule has 1 atom stereocenters. The summed E-state index contributed by atoms with van der Waals surface area (Å²) in [5.41, 5.74) is -1.26. The van der Waals surface area contributed by atoms with Crippen molar-refractivity contribution in [3.63, 3.8) is 0 Å². The highest BCUT2D eigenvalue weighted by atomic mass is 35.5. The van der Waals surface area contributed by atoms with E-state index >= 15 is 0 Å². The van der Waals surface area contributed by atoms with Crippen LogP contribution in [0, 0.1) is 0 Å². The molecule has 0 spiro atoms. The molecule has 2 aromatic rings. The molecular formula is C14H16ClNO4S. The summed E-state index contributed by atoms with van der Waals surface area (Å²) < 4.78 is 31.8. The molecule has 0 bridgehead atoms. The monoisotopic (exact) mass is 329 g/mol. The summed E-state index contributed by atoms with van der Waals surface area (Å²) >= 11 is 5.78. The average Bonchev–Trinajstić information content (AvgIpc) is 2.89. The summed E-state index contributed by atoms with van der Waals surface area (Å²) in [4.78, 5) is 0.0591. The van der Waals surface area contributed by atoms with E-state index in [0.29, 0.717) is 10.8 Å². The number of hydrogen-bond acceptors (Lipinski definition) is 4. The van der Waals surface area contributed by atoms with Crippen LogP contribution in [0.2, 0.25) is 5.02 Å². The van der Waals surface area contributed by atoms with Crippen molar-refractivity contribution in [2.45, 2.75) is 23.8 Å². The van der Waals surface area contributed by atoms with Gasteiger partial charge in [0, 0.05) is 18.0 Å². The van der Waals surface area contributed by atoms with Crippen molar-refractivity contribution >= 4 is 21.6 Å². The second-order valence-corrected chi connectivity index (χ2v) is 7.24. The van der Waals surface area contributed by atoms with Crippen LogP contribution in [0.1, 0.15) is 12.7 Å². The van der Waals surface area contributed by atoms with Gasteiger partial charge >= 0.3 is 0 Å². The van der Waals surface area contributed by atoms with Gasteiger partial charge in [-0.3, -0.25) is 0 Å². The summed E-state index contributed by atoms with van der Waals surface area (Å²) in [6.45, 7) is 1.40. The maximum absolute atomic E-state index is 12.1. The first-order valence-corrected chi connectivity index (χ1v) is 8.15. The zero-order chi connectivity index (χ0) is 15.5. The lowest BCUT2D eigenvalue weighted by Crippen LogP contribution is -2.42. The van der Waals surface area contributed by atoms with Crippen molar-refractivity contribution in [1.29, 1.82) is 0 Å². The Kier molecular flexibility index (Phi) is 4.73. The number of rotatable bonds is 6. The summed E-state index contributed by atoms with van der Waals surface area (Å²) in [5, 5.41) is 10.6. The Morgan fingerprint density at radius 1 is 1.33 bits per heavy atom. The van der Waals surface area contributed by atoms with Gasteiger partial charge in [0.05, 0.1) is 16.8 Å². The fourth-order valence-electron chi connectivity index (χ4n) is 1.82. The van der Waals surface area contributed by atoms with Crippen LogP contribution in [0.5, 0.6) is 0 Å². The number of furan rings is 1. The largest absolute Gasteiger partial charge is 0.469 e. The molecule has 0 saturated carbocycles. The van der Waals surface area contributed by atoms with Crippen LogP contribution in [0.3, 0.4) is 0 Å². The van der Waals surface area contributed by atoms with Gasteiger partial charge in [-0.1, -0.05) is 17.7 Å². The van der Waals surface area contributed by atoms with Crippen LogP contribution in [0.4, 0.5) is 0 Å². The van der Waals surface area contributed by atoms with E-state index in [1.165, 1.54) is 25.3 Å². The van der Waals surface area contributed by atoms with Gasteiger partial charge in [0.25, 0.3) is 0 Å². The van der Waals surface area contributed by atoms with Crippen LogP contribution >= 0.6 is 11.6 Å². The molecule has 1 aromatic heterocycles. The van der Waals surface area contributed by atoms with Gasteiger partial charge in [-0.05, 0) is 37.3 Å². The van der Waals surface area contributed by atoms with Gasteiger partial charge in [0.15, 0.2) is 0 Å². The molecule has 0 aliphatic carbocycles. The Morgan fingerprint density at radius 2 is 2.10 bits per heavy atom. The molecule has 0 radical (unpaired) electrons. The van der Waals surface area contributed by atoms with E-state index < -0.39 is 15.6 Å². The molecule has 2 N–H and O–H groups in total. The quantitative estimate of drug-likeness (QED) is 0.851. The predicted molar refractivity (Wildman–Crippen MR) is 79.7 cm³/mol. The first-order valence-electron chi connectivity index (χ1n) is 6.28. The van der Waals surface area contributed by atoms with Crippen LogP contribution in [0.15, 0.2) is 52.0 Å². The van der Waals surface area contributed by atoms with Crippen LogP contribution < -0.4 is 4.72 Å². The molecule has 2 rings (SSSR count). The van der Waals surface area contributed by atoms with Gasteiger partial charge in [0.2, 0.25) is 10.0 Å². The molecule has 0 amide bonds. The van der Waals surface area contributed by atoms with E-state index in [1.807, 2.05) is 0 Å². The molecule has 7 heteroatoms. The molecule has 1 aromatic carbocycles. The molecule has 0 fully saturated rings. The summed E-state index contributed by atoms with van der Waals surface area (Å²) in [7, 11) is -3.72. The van der Waals surface area contributed by atoms with Crippen LogP contribution in [-0.4, -0.2) is 25.7 Å². The zero-order valence-electron chi connectivity index (χ0n) is 11.4. The van der Waals surface area contributed by atoms with Crippen molar-refractivity contribution in [3.05, 3.63) is 53.4 Å². The molecule has 1 unspecified atom stereocenters. The summed E-state index contributed by atoms with van der Waals surface area (Å²) in [6, 6.07) is 9.37. The molecule has 5 nitrogen and oxygen atoms in total. The molecular weight excluding hydrogens is 314 g/mol. The molecule has 1 heterocycles. The fraction of sp³-hybridized carbons (Fsp3) is 0.286. The highest BCUT2D eigenvalue weighted by molar-refractivity contribution is 7.89. The standard InChI is InChI=1S/C14H16ClNO4S/c1-14(17,9-12-5-3-7-20-12)10-16-21(18,19)13-6-2-4-11(15)8-13/h2-8,16-17H,9-10H2,1H3. The third-order valence-corrected chi connectivity index (χ3v) is 4.52. The Hall–Kier alpha value is -1.34. The Morgan fingerprint density at radius 3 is 2.71 bits per heavy atom. The first kappa shape index (κ1) is 16.0. The third kappa shape index (κ3) is 4.57. The molecule has 0 aliphatic heterocycles. The van der Waals surface area contributed by atoms with E-state index in [1.54, 1.807) is 24.3 Å². The van der Waals surface area contributed by atoms with E-state index in [9.17, 15) is 13.5 Å². The molecule has 114 valence electrons. The third-order valence-electron chi connectivity index (χ3n) is 2.88. The van der Waals surface area contributed by atoms with Crippen LogP contribution in [0.25, 0.3) is 0 Å². The van der Waals surface area contributed by atoms with Gasteiger partial charge in [0.1, 0.15) is 5.76 Å². The normalized spacial score (nSPS) is 14.8. The van der Waals surface area contributed by atoms with E-state index in [0.717, 1.165) is 0 Å². The minimum atomic E-state index is -3.72. The number of nitrogens with one attached hydrogen (secondary N) is 1. The van der Waals surface area contributed by atoms with Gasteiger partial charge in [-0.25, -0.2) is 13.1 Å². The van der Waals surface area contributed by atoms with E-state index in [2.05, 4.69) is 4.72 Å². The predicted octanol–water partition coefficient (Wildman–Crippen LogP) is 2.21. The van der Waals surface area contributed by atoms with Gasteiger partial charge in [-0.15, -0.1) is 0 Å². The number of halogens is 1. The number of aliphatic hydroxyl groups is 1. The van der Waals surface area contributed by atoms with Crippen molar-refractivity contribution < 1.29 is 17.9 Å². The average molecular weight is 330 g/mol. The van der Waals surface area contributed by atoms with Crippen molar-refractivity contribution in [2.75, 3.05) is 6.54 Å². The summed E-state index contributed by atoms with van der Waals surface area (Å²) in [5.74, 6) is 0.585. The SMILES string of the molecule is CC(O)(CNS(=O)(=O)c1cccc(Cl)c1)Cc1ccco1. The number of sulfonamides is 1. The second kappa shape index (κ2) is 6.19. The van der Waals surface area contributed by atoms with Crippen molar-refractivity contribution in [2.24, 2.45) is 0 Å². The van der Waals surface area contributed by atoms with Crippen LogP contribution in [-0.2, 0) is 16.4 Å². The zero-order valence-corrected chi connectivity index (χ0v) is 13.0. The molecule has 0 saturated heterocycles. The maximum Gasteiger partial charge on any atom is 0.240 e. The fourth-order valence-corrected chi connectivity index (χ4v) is 3.28. The van der Waals surface area contributed by atoms with Crippen molar-refractivity contribution in [3.8, 4) is 0 Å². The lowest BCUT2D eigenvalue weighted by Gasteiger charge is -2.22. The Labute approximate surface area is 128 Å². The smallest absolute Gasteiger partial charge is 0.240 e. The number of benzene rings is 1. The highest BCUT2D eigenvalue weighted by Crippen LogP contribution is 2.17. The first-order chi connectivity index (χ1) is 9.78. The topological polar surface area (TPSA) is 79.5 Å². The maximum atomic E-state index is 12.1. The Bertz CT molecular complexity index is 696. The highest BCUT2D eigenvalue weighted by Gasteiger charge is 2.25. The van der Waals surface area contributed by atoms with Gasteiger partial charge in [-0.2, -0.15) is 0 Å². The van der Waals surface area contributed by atoms with E-state index in [-0.39, 0.29) is 17.9 Å². The summed E-state index contributed by atoms with van der Waals surface area (Å²) in [6.07, 6.45) is 1.71. The number of hydrogen-bond donors (Lipinski definition) is 2. The Balaban J connectivity index is 2.04. The minimum absolute atomic E-state index is 0.0591. The van der Waals surface area contributed by atoms with E-state index in [4.69, 9.17) is 16.0 Å². The van der Waals surface area contributed by atoms with Gasteiger partial charge < -0.3 is 9.52 Å². The minimum Gasteiger partial charge on any atom is -0.469 e.